The van der Waals surface area contributed by atoms with E-state index in [4.69, 9.17) is 14.6 Å². The first-order valence-electron chi connectivity index (χ1n) is 6.89. The van der Waals surface area contributed by atoms with Crippen LogP contribution in [-0.4, -0.2) is 49.8 Å². The number of hydrogen-bond acceptors (Lipinski definition) is 4. The molecule has 1 rings (SSSR count). The molecule has 22 heavy (non-hydrogen) atoms. The van der Waals surface area contributed by atoms with Crippen LogP contribution < -0.4 is 14.8 Å². The van der Waals surface area contributed by atoms with Crippen molar-refractivity contribution in [2.45, 2.75) is 19.4 Å². The van der Waals surface area contributed by atoms with Crippen molar-refractivity contribution in [3.63, 3.8) is 0 Å². The van der Waals surface area contributed by atoms with E-state index in [1.54, 1.807) is 27.3 Å². The molecular formula is C15H22N2O5. The van der Waals surface area contributed by atoms with Gasteiger partial charge in [0.15, 0.2) is 0 Å². The summed E-state index contributed by atoms with van der Waals surface area (Å²) in [4.78, 5) is 23.8. The van der Waals surface area contributed by atoms with Crippen molar-refractivity contribution in [2.75, 3.05) is 27.8 Å². The van der Waals surface area contributed by atoms with E-state index < -0.39 is 5.97 Å². The van der Waals surface area contributed by atoms with Gasteiger partial charge in [0.25, 0.3) is 0 Å². The Hall–Kier alpha value is -2.44. The van der Waals surface area contributed by atoms with Gasteiger partial charge in [-0.1, -0.05) is 0 Å². The van der Waals surface area contributed by atoms with E-state index in [2.05, 4.69) is 5.32 Å². The largest absolute Gasteiger partial charge is 0.497 e. The van der Waals surface area contributed by atoms with Crippen molar-refractivity contribution < 1.29 is 24.2 Å². The quantitative estimate of drug-likeness (QED) is 0.714. The average Bonchev–Trinajstić information content (AvgIpc) is 2.50. The third-order valence-electron chi connectivity index (χ3n) is 3.02. The van der Waals surface area contributed by atoms with Crippen molar-refractivity contribution in [1.29, 1.82) is 0 Å². The summed E-state index contributed by atoms with van der Waals surface area (Å²) >= 11 is 0. The fraction of sp³-hybridized carbons (Fsp3) is 0.467. The third-order valence-corrected chi connectivity index (χ3v) is 3.02. The predicted octanol–water partition coefficient (Wildman–Crippen LogP) is 1.71. The number of carbonyl (C=O) groups is 2. The highest BCUT2D eigenvalue weighted by molar-refractivity contribution is 5.74. The Kier molecular flexibility index (Phi) is 7.01. The van der Waals surface area contributed by atoms with Crippen LogP contribution in [0.5, 0.6) is 11.5 Å². The Morgan fingerprint density at radius 3 is 2.27 bits per heavy atom. The number of carboxylic acid groups (broad SMARTS) is 1. The van der Waals surface area contributed by atoms with Crippen molar-refractivity contribution in [3.05, 3.63) is 23.8 Å². The lowest BCUT2D eigenvalue weighted by Crippen LogP contribution is -2.37. The zero-order chi connectivity index (χ0) is 16.5. The van der Waals surface area contributed by atoms with Crippen LogP contribution in [0.3, 0.4) is 0 Å². The van der Waals surface area contributed by atoms with Crippen LogP contribution in [0.2, 0.25) is 0 Å². The number of nitrogens with one attached hydrogen (secondary N) is 1. The lowest BCUT2D eigenvalue weighted by molar-refractivity contribution is -0.137. The minimum absolute atomic E-state index is 0.0388. The molecule has 0 aromatic heterocycles. The van der Waals surface area contributed by atoms with Gasteiger partial charge in [0.2, 0.25) is 0 Å². The van der Waals surface area contributed by atoms with E-state index in [0.29, 0.717) is 31.0 Å². The van der Waals surface area contributed by atoms with Gasteiger partial charge < -0.3 is 24.8 Å². The van der Waals surface area contributed by atoms with Crippen LogP contribution in [0.15, 0.2) is 18.2 Å². The molecule has 1 aromatic carbocycles. The minimum Gasteiger partial charge on any atom is -0.497 e. The second-order valence-corrected chi connectivity index (χ2v) is 4.81. The SMILES string of the molecule is COc1cc(CN(C)C(=O)NCCCC(=O)O)cc(OC)c1. The van der Waals surface area contributed by atoms with Crippen LogP contribution in [0.25, 0.3) is 0 Å². The molecule has 0 heterocycles. The van der Waals surface area contributed by atoms with Gasteiger partial charge in [-0.3, -0.25) is 4.79 Å². The summed E-state index contributed by atoms with van der Waals surface area (Å²) in [5, 5.41) is 11.2. The second-order valence-electron chi connectivity index (χ2n) is 4.81. The van der Waals surface area contributed by atoms with Crippen LogP contribution in [-0.2, 0) is 11.3 Å². The first-order chi connectivity index (χ1) is 10.5. The summed E-state index contributed by atoms with van der Waals surface area (Å²) in [6.07, 6.45) is 0.443. The molecule has 0 aliphatic carbocycles. The minimum atomic E-state index is -0.869. The van der Waals surface area contributed by atoms with Crippen LogP contribution in [0.1, 0.15) is 18.4 Å². The highest BCUT2D eigenvalue weighted by Gasteiger charge is 2.10. The number of carboxylic acids is 1. The second kappa shape index (κ2) is 8.76. The van der Waals surface area contributed by atoms with Gasteiger partial charge in [0, 0.05) is 32.6 Å². The maximum absolute atomic E-state index is 11.9. The molecule has 0 saturated carbocycles. The molecule has 0 atom stereocenters. The van der Waals surface area contributed by atoms with Gasteiger partial charge in [-0.05, 0) is 24.1 Å². The summed E-state index contributed by atoms with van der Waals surface area (Å²) in [6, 6.07) is 5.16. The van der Waals surface area contributed by atoms with E-state index in [0.717, 1.165) is 5.56 Å². The van der Waals surface area contributed by atoms with Crippen molar-refractivity contribution in [3.8, 4) is 11.5 Å². The maximum atomic E-state index is 11.9. The Bertz CT molecular complexity index is 496. The van der Waals surface area contributed by atoms with Crippen molar-refractivity contribution in [1.82, 2.24) is 10.2 Å². The highest BCUT2D eigenvalue weighted by Crippen LogP contribution is 2.23. The van der Waals surface area contributed by atoms with Gasteiger partial charge in [-0.2, -0.15) is 0 Å². The number of nitrogens with zero attached hydrogens (tertiary/aromatic N) is 1. The molecular weight excluding hydrogens is 288 g/mol. The summed E-state index contributed by atoms with van der Waals surface area (Å²) in [5.74, 6) is 0.445. The Balaban J connectivity index is 2.54. The molecule has 0 bridgehead atoms. The Morgan fingerprint density at radius 2 is 1.77 bits per heavy atom. The van der Waals surface area contributed by atoms with Gasteiger partial charge in [0.05, 0.1) is 14.2 Å². The maximum Gasteiger partial charge on any atom is 0.317 e. The number of hydrogen-bond donors (Lipinski definition) is 2. The predicted molar refractivity (Wildman–Crippen MR) is 81.3 cm³/mol. The molecule has 7 heteroatoms. The van der Waals surface area contributed by atoms with E-state index in [-0.39, 0.29) is 12.5 Å². The number of aliphatic carboxylic acids is 1. The highest BCUT2D eigenvalue weighted by atomic mass is 16.5. The summed E-state index contributed by atoms with van der Waals surface area (Å²) in [7, 11) is 4.80. The molecule has 7 nitrogen and oxygen atoms in total. The molecule has 0 radical (unpaired) electrons. The van der Waals surface area contributed by atoms with Crippen molar-refractivity contribution in [2.24, 2.45) is 0 Å². The zero-order valence-corrected chi connectivity index (χ0v) is 13.1. The molecule has 0 saturated heterocycles. The van der Waals surface area contributed by atoms with Crippen LogP contribution >= 0.6 is 0 Å². The van der Waals surface area contributed by atoms with E-state index >= 15 is 0 Å². The lowest BCUT2D eigenvalue weighted by Gasteiger charge is -2.19. The smallest absolute Gasteiger partial charge is 0.317 e. The van der Waals surface area contributed by atoms with Gasteiger partial charge in [0.1, 0.15) is 11.5 Å². The fourth-order valence-electron chi connectivity index (χ4n) is 1.87. The molecule has 0 unspecified atom stereocenters. The molecule has 0 fully saturated rings. The summed E-state index contributed by atoms with van der Waals surface area (Å²) in [5.41, 5.74) is 0.874. The van der Waals surface area contributed by atoms with Gasteiger partial charge >= 0.3 is 12.0 Å². The van der Waals surface area contributed by atoms with Crippen LogP contribution in [0.4, 0.5) is 4.79 Å². The van der Waals surface area contributed by atoms with Gasteiger partial charge in [-0.15, -0.1) is 0 Å². The first-order valence-corrected chi connectivity index (χ1v) is 6.89. The molecule has 2 N–H and O–H groups in total. The molecule has 1 aromatic rings. The number of ether oxygens (including phenoxy) is 2. The number of benzene rings is 1. The summed E-state index contributed by atoms with van der Waals surface area (Å²) < 4.78 is 10.4. The number of carbonyl (C=O) groups excluding carboxylic acids is 1. The first kappa shape index (κ1) is 17.6. The van der Waals surface area contributed by atoms with Crippen molar-refractivity contribution >= 4 is 12.0 Å². The third kappa shape index (κ3) is 5.90. The number of rotatable bonds is 8. The van der Waals surface area contributed by atoms with E-state index in [1.165, 1.54) is 4.90 Å². The zero-order valence-electron chi connectivity index (χ0n) is 13.1. The monoisotopic (exact) mass is 310 g/mol. The van der Waals surface area contributed by atoms with Crippen LogP contribution in [0, 0.1) is 0 Å². The molecule has 0 aliphatic rings. The Labute approximate surface area is 129 Å². The Morgan fingerprint density at radius 1 is 1.18 bits per heavy atom. The van der Waals surface area contributed by atoms with E-state index in [1.807, 2.05) is 12.1 Å². The molecule has 0 spiro atoms. The lowest BCUT2D eigenvalue weighted by atomic mass is 10.2. The number of amides is 2. The molecule has 2 amide bonds. The average molecular weight is 310 g/mol. The van der Waals surface area contributed by atoms with Gasteiger partial charge in [-0.25, -0.2) is 4.79 Å². The topological polar surface area (TPSA) is 88.1 Å². The normalized spacial score (nSPS) is 9.95. The standard InChI is InChI=1S/C15H22N2O5/c1-17(15(20)16-6-4-5-14(18)19)10-11-7-12(21-2)9-13(8-11)22-3/h7-9H,4-6,10H2,1-3H3,(H,16,20)(H,18,19). The molecule has 0 aliphatic heterocycles. The summed E-state index contributed by atoms with van der Waals surface area (Å²) in [6.45, 7) is 0.717. The fourth-order valence-corrected chi connectivity index (χ4v) is 1.87. The number of methoxy groups -OCH3 is 2. The van der Waals surface area contributed by atoms with E-state index in [9.17, 15) is 9.59 Å². The molecule has 122 valence electrons. The number of urea groups is 1.